The van der Waals surface area contributed by atoms with Crippen molar-refractivity contribution in [2.45, 2.75) is 31.8 Å². The van der Waals surface area contributed by atoms with E-state index >= 15 is 0 Å². The zero-order chi connectivity index (χ0) is 18.8. The van der Waals surface area contributed by atoms with E-state index in [0.717, 1.165) is 56.5 Å². The Morgan fingerprint density at radius 3 is 2.85 bits per heavy atom. The van der Waals surface area contributed by atoms with E-state index in [9.17, 15) is 4.79 Å². The molecule has 4 nitrogen and oxygen atoms in total. The summed E-state index contributed by atoms with van der Waals surface area (Å²) in [5.74, 6) is 0.871. The van der Waals surface area contributed by atoms with E-state index in [-0.39, 0.29) is 17.3 Å². The lowest BCUT2D eigenvalue weighted by Crippen LogP contribution is -2.30. The molecule has 0 radical (unpaired) electrons. The molecule has 2 aromatic carbocycles. The first-order chi connectivity index (χ1) is 12.9. The molecule has 1 N–H and O–H groups in total. The summed E-state index contributed by atoms with van der Waals surface area (Å²) in [5.41, 5.74) is 4.16. The van der Waals surface area contributed by atoms with Crippen LogP contribution < -0.4 is 4.74 Å². The molecule has 1 aliphatic carbocycles. The number of rotatable bonds is 2. The predicted molar refractivity (Wildman–Crippen MR) is 108 cm³/mol. The van der Waals surface area contributed by atoms with E-state index in [4.69, 9.17) is 9.47 Å². The summed E-state index contributed by atoms with van der Waals surface area (Å²) in [5, 5.41) is 0.973. The average molecular weight is 426 g/mol. The zero-order valence-corrected chi connectivity index (χ0v) is 16.9. The molecule has 0 amide bonds. The van der Waals surface area contributed by atoms with Gasteiger partial charge in [0.05, 0.1) is 18.8 Å². The van der Waals surface area contributed by atoms with Crippen LogP contribution >= 0.6 is 15.9 Å². The molecule has 5 heteroatoms. The van der Waals surface area contributed by atoms with Crippen molar-refractivity contribution in [3.63, 3.8) is 0 Å². The number of nitrogens with one attached hydrogen (secondary N) is 1. The third-order valence-corrected chi connectivity index (χ3v) is 6.21. The topological polar surface area (TPSA) is 51.3 Å². The smallest absolute Gasteiger partial charge is 0.195 e. The second-order valence-electron chi connectivity index (χ2n) is 7.83. The molecule has 5 rings (SSSR count). The first-order valence-electron chi connectivity index (χ1n) is 9.20. The Morgan fingerprint density at radius 1 is 1.22 bits per heavy atom. The van der Waals surface area contributed by atoms with E-state index in [1.165, 1.54) is 0 Å². The Hall–Kier alpha value is -2.11. The van der Waals surface area contributed by atoms with Crippen LogP contribution in [0.1, 0.15) is 47.4 Å². The van der Waals surface area contributed by atoms with Crippen molar-refractivity contribution in [1.29, 1.82) is 0 Å². The molecule has 1 atom stereocenters. The first kappa shape index (κ1) is 17.0. The van der Waals surface area contributed by atoms with Crippen LogP contribution in [0, 0.1) is 0 Å². The minimum absolute atomic E-state index is 0.0728. The number of hydrogen-bond acceptors (Lipinski definition) is 3. The first-order valence-corrected chi connectivity index (χ1v) is 10.00. The van der Waals surface area contributed by atoms with Crippen LogP contribution in [0.15, 0.2) is 40.9 Å². The highest BCUT2D eigenvalue weighted by molar-refractivity contribution is 9.10. The lowest BCUT2D eigenvalue weighted by atomic mass is 9.71. The van der Waals surface area contributed by atoms with Crippen molar-refractivity contribution >= 4 is 32.6 Å². The number of carbonyl (C=O) groups excluding carboxylic acids is 1. The van der Waals surface area contributed by atoms with Gasteiger partial charge in [-0.15, -0.1) is 0 Å². The number of hydrogen-bond donors (Lipinski definition) is 1. The molecule has 1 aliphatic heterocycles. The standard InChI is InChI=1S/C22H20BrNO3/c1-22(2)17-10-13(27-14-7-8-26-11-14)4-6-15(17)20(25)19-16-5-3-12(23)9-18(16)24-21(19)22/h3-6,9-10,14,24H,7-8,11H2,1-2H3/t14-/m1/s1. The number of H-pyrrole nitrogens is 1. The lowest BCUT2D eigenvalue weighted by Gasteiger charge is -2.32. The summed E-state index contributed by atoms with van der Waals surface area (Å²) in [4.78, 5) is 16.8. The van der Waals surface area contributed by atoms with Crippen LogP contribution in [0.2, 0.25) is 0 Å². The second-order valence-corrected chi connectivity index (χ2v) is 8.75. The number of benzene rings is 2. The average Bonchev–Trinajstić information content (AvgIpc) is 3.27. The van der Waals surface area contributed by atoms with Gasteiger partial charge < -0.3 is 14.5 Å². The Kier molecular flexibility index (Phi) is 3.75. The molecule has 0 bridgehead atoms. The molecular weight excluding hydrogens is 406 g/mol. The number of aromatic amines is 1. The van der Waals surface area contributed by atoms with Crippen LogP contribution in [-0.2, 0) is 10.2 Å². The van der Waals surface area contributed by atoms with Crippen LogP contribution in [0.3, 0.4) is 0 Å². The van der Waals surface area contributed by atoms with E-state index < -0.39 is 0 Å². The fourth-order valence-electron chi connectivity index (χ4n) is 4.25. The van der Waals surface area contributed by atoms with Crippen molar-refractivity contribution in [3.8, 4) is 5.75 Å². The molecule has 27 heavy (non-hydrogen) atoms. The Morgan fingerprint density at radius 2 is 2.07 bits per heavy atom. The van der Waals surface area contributed by atoms with Gasteiger partial charge in [0.25, 0.3) is 0 Å². The highest BCUT2D eigenvalue weighted by Crippen LogP contribution is 2.45. The molecule has 2 aliphatic rings. The maximum atomic E-state index is 13.3. The predicted octanol–water partition coefficient (Wildman–Crippen LogP) is 4.97. The van der Waals surface area contributed by atoms with E-state index in [0.29, 0.717) is 6.61 Å². The fraction of sp³-hybridized carbons (Fsp3) is 0.318. The van der Waals surface area contributed by atoms with Crippen molar-refractivity contribution in [1.82, 2.24) is 4.98 Å². The molecule has 0 unspecified atom stereocenters. The van der Waals surface area contributed by atoms with E-state index in [2.05, 4.69) is 34.8 Å². The summed E-state index contributed by atoms with van der Waals surface area (Å²) in [6, 6.07) is 11.8. The number of ether oxygens (including phenoxy) is 2. The molecule has 3 aromatic rings. The quantitative estimate of drug-likeness (QED) is 0.630. The van der Waals surface area contributed by atoms with Gasteiger partial charge in [-0.25, -0.2) is 0 Å². The SMILES string of the molecule is CC1(C)c2cc(O[C@@H]3CCOC3)ccc2C(=O)c2c1[nH]c1cc(Br)ccc21. The molecular formula is C22H20BrNO3. The molecule has 0 spiro atoms. The molecule has 1 aromatic heterocycles. The molecule has 1 fully saturated rings. The highest BCUT2D eigenvalue weighted by Gasteiger charge is 2.40. The minimum Gasteiger partial charge on any atom is -0.488 e. The summed E-state index contributed by atoms with van der Waals surface area (Å²) >= 11 is 3.52. The summed E-state index contributed by atoms with van der Waals surface area (Å²) < 4.78 is 12.5. The Bertz CT molecular complexity index is 1080. The zero-order valence-electron chi connectivity index (χ0n) is 15.3. The van der Waals surface area contributed by atoms with Crippen molar-refractivity contribution in [2.24, 2.45) is 0 Å². The number of aromatic nitrogens is 1. The van der Waals surface area contributed by atoms with E-state index in [1.807, 2.05) is 36.4 Å². The molecule has 0 saturated carbocycles. The number of fused-ring (bicyclic) bond motifs is 4. The third-order valence-electron chi connectivity index (χ3n) is 5.71. The normalized spacial score (nSPS) is 20.6. The van der Waals surface area contributed by atoms with Crippen LogP contribution in [-0.4, -0.2) is 30.1 Å². The van der Waals surface area contributed by atoms with Crippen LogP contribution in [0.5, 0.6) is 5.75 Å². The van der Waals surface area contributed by atoms with Crippen LogP contribution in [0.25, 0.3) is 10.9 Å². The van der Waals surface area contributed by atoms with Gasteiger partial charge in [-0.2, -0.15) is 0 Å². The number of halogens is 1. The number of carbonyl (C=O) groups is 1. The lowest BCUT2D eigenvalue weighted by molar-refractivity contribution is 0.103. The molecule has 1 saturated heterocycles. The molecule has 2 heterocycles. The second kappa shape index (κ2) is 5.94. The highest BCUT2D eigenvalue weighted by atomic mass is 79.9. The number of ketones is 1. The fourth-order valence-corrected chi connectivity index (χ4v) is 4.61. The van der Waals surface area contributed by atoms with Gasteiger partial charge in [0.15, 0.2) is 5.78 Å². The van der Waals surface area contributed by atoms with Gasteiger partial charge in [0, 0.05) is 38.5 Å². The summed E-state index contributed by atoms with van der Waals surface area (Å²) in [6.07, 6.45) is 0.993. The maximum Gasteiger partial charge on any atom is 0.195 e. The van der Waals surface area contributed by atoms with Crippen molar-refractivity contribution in [2.75, 3.05) is 13.2 Å². The summed E-state index contributed by atoms with van der Waals surface area (Å²) in [7, 11) is 0. The minimum atomic E-state index is -0.324. The third kappa shape index (κ3) is 2.56. The molecule has 138 valence electrons. The summed E-state index contributed by atoms with van der Waals surface area (Å²) in [6.45, 7) is 5.68. The van der Waals surface area contributed by atoms with Crippen LogP contribution in [0.4, 0.5) is 0 Å². The van der Waals surface area contributed by atoms with E-state index in [1.54, 1.807) is 0 Å². The van der Waals surface area contributed by atoms with Gasteiger partial charge in [-0.1, -0.05) is 35.8 Å². The van der Waals surface area contributed by atoms with Gasteiger partial charge in [-0.3, -0.25) is 4.79 Å². The Labute approximate surface area is 166 Å². The van der Waals surface area contributed by atoms with Gasteiger partial charge in [0.1, 0.15) is 11.9 Å². The largest absolute Gasteiger partial charge is 0.488 e. The van der Waals surface area contributed by atoms with Gasteiger partial charge >= 0.3 is 0 Å². The van der Waals surface area contributed by atoms with Crippen molar-refractivity contribution < 1.29 is 14.3 Å². The monoisotopic (exact) mass is 425 g/mol. The maximum absolute atomic E-state index is 13.3. The van der Waals surface area contributed by atoms with Gasteiger partial charge in [0.2, 0.25) is 0 Å². The Balaban J connectivity index is 1.65. The van der Waals surface area contributed by atoms with Gasteiger partial charge in [-0.05, 0) is 35.9 Å². The van der Waals surface area contributed by atoms with Crippen molar-refractivity contribution in [3.05, 3.63) is 63.3 Å².